The predicted molar refractivity (Wildman–Crippen MR) is 133 cm³/mol. The second kappa shape index (κ2) is 12.5. The molecule has 0 radical (unpaired) electrons. The maximum absolute atomic E-state index is 13.6. The molecule has 2 unspecified atom stereocenters. The van der Waals surface area contributed by atoms with Crippen molar-refractivity contribution in [1.82, 2.24) is 9.97 Å². The van der Waals surface area contributed by atoms with E-state index in [1.165, 1.54) is 12.0 Å². The molecule has 8 nitrogen and oxygen atoms in total. The lowest BCUT2D eigenvalue weighted by molar-refractivity contribution is -0.192. The van der Waals surface area contributed by atoms with E-state index in [9.17, 15) is 22.0 Å². The summed E-state index contributed by atoms with van der Waals surface area (Å²) in [5.74, 6) is -4.31. The molecule has 0 aromatic carbocycles. The Kier molecular flexibility index (Phi) is 9.51. The number of carbonyl (C=O) groups is 1. The predicted octanol–water partition coefficient (Wildman–Crippen LogP) is 5.37. The first-order chi connectivity index (χ1) is 18.5. The van der Waals surface area contributed by atoms with Gasteiger partial charge < -0.3 is 25.2 Å². The van der Waals surface area contributed by atoms with Gasteiger partial charge in [-0.1, -0.05) is 6.42 Å². The minimum Gasteiger partial charge on any atom is -0.475 e. The third-order valence-corrected chi connectivity index (χ3v) is 8.11. The van der Waals surface area contributed by atoms with Crippen molar-refractivity contribution < 1.29 is 41.3 Å². The van der Waals surface area contributed by atoms with Gasteiger partial charge in [-0.05, 0) is 64.2 Å². The van der Waals surface area contributed by atoms with Gasteiger partial charge in [0.05, 0.1) is 17.4 Å². The topological polar surface area (TPSA) is 106 Å². The normalized spacial score (nSPS) is 25.5. The van der Waals surface area contributed by atoms with Crippen LogP contribution in [0.25, 0.3) is 0 Å². The highest BCUT2D eigenvalue weighted by Crippen LogP contribution is 2.45. The monoisotopic (exact) mass is 564 g/mol. The van der Waals surface area contributed by atoms with E-state index >= 15 is 0 Å². The van der Waals surface area contributed by atoms with Crippen LogP contribution in [0.15, 0.2) is 0 Å². The molecule has 3 fully saturated rings. The number of hydrogen-bond donors (Lipinski definition) is 3. The first-order valence-electron chi connectivity index (χ1n) is 13.8. The third-order valence-electron chi connectivity index (χ3n) is 8.11. The van der Waals surface area contributed by atoms with Crippen LogP contribution in [0.5, 0.6) is 0 Å². The maximum atomic E-state index is 13.6. The number of alkyl halides is 5. The smallest absolute Gasteiger partial charge is 0.475 e. The zero-order valence-electron chi connectivity index (χ0n) is 21.9. The van der Waals surface area contributed by atoms with Crippen LogP contribution in [0.2, 0.25) is 0 Å². The number of nitrogens with one attached hydrogen (secondary N) is 2. The summed E-state index contributed by atoms with van der Waals surface area (Å²) in [6.07, 6.45) is 5.74. The van der Waals surface area contributed by atoms with Crippen molar-refractivity contribution in [3.8, 4) is 0 Å². The molecule has 1 aromatic heterocycles. The molecule has 4 aliphatic rings. The van der Waals surface area contributed by atoms with E-state index in [4.69, 9.17) is 29.3 Å². The second-order valence-electron chi connectivity index (χ2n) is 10.9. The summed E-state index contributed by atoms with van der Waals surface area (Å²) >= 11 is 0. The van der Waals surface area contributed by atoms with Crippen LogP contribution < -0.4 is 10.6 Å². The number of aliphatic carboxylic acids is 1. The Morgan fingerprint density at radius 3 is 2.36 bits per heavy atom. The Morgan fingerprint density at radius 2 is 1.72 bits per heavy atom. The molecular formula is C26H37F5N4O4. The first-order valence-corrected chi connectivity index (χ1v) is 13.8. The minimum absolute atomic E-state index is 0.00345. The number of carboxylic acid groups (broad SMARTS) is 1. The molecular weight excluding hydrogens is 527 g/mol. The highest BCUT2D eigenvalue weighted by atomic mass is 19.4. The zero-order valence-corrected chi connectivity index (χ0v) is 21.9. The van der Waals surface area contributed by atoms with Gasteiger partial charge in [0, 0.05) is 44.2 Å². The molecule has 0 amide bonds. The fraction of sp³-hybridized carbons (Fsp3) is 0.808. The van der Waals surface area contributed by atoms with Crippen LogP contribution in [0, 0.1) is 5.92 Å². The molecule has 13 heteroatoms. The number of anilines is 2. The highest BCUT2D eigenvalue weighted by Gasteiger charge is 2.47. The van der Waals surface area contributed by atoms with Gasteiger partial charge in [0.15, 0.2) is 0 Å². The molecule has 1 saturated carbocycles. The molecule has 2 aliphatic heterocycles. The van der Waals surface area contributed by atoms with Crippen molar-refractivity contribution in [2.45, 2.75) is 101 Å². The largest absolute Gasteiger partial charge is 0.490 e. The summed E-state index contributed by atoms with van der Waals surface area (Å²) in [5, 5.41) is 13.9. The van der Waals surface area contributed by atoms with Gasteiger partial charge in [0.25, 0.3) is 5.92 Å². The van der Waals surface area contributed by atoms with Crippen LogP contribution in [0.4, 0.5) is 33.7 Å². The van der Waals surface area contributed by atoms with Crippen molar-refractivity contribution >= 4 is 17.7 Å². The van der Waals surface area contributed by atoms with E-state index in [-0.39, 0.29) is 18.1 Å². The fourth-order valence-electron chi connectivity index (χ4n) is 5.64. The van der Waals surface area contributed by atoms with Gasteiger partial charge in [0.2, 0.25) is 5.95 Å². The van der Waals surface area contributed by atoms with Crippen molar-refractivity contribution in [3.63, 3.8) is 0 Å². The molecule has 39 heavy (non-hydrogen) atoms. The molecule has 3 N–H and O–H groups in total. The van der Waals surface area contributed by atoms with Crippen molar-refractivity contribution in [1.29, 1.82) is 0 Å². The van der Waals surface area contributed by atoms with Crippen LogP contribution >= 0.6 is 0 Å². The lowest BCUT2D eigenvalue weighted by Crippen LogP contribution is -2.39. The quantitative estimate of drug-likeness (QED) is 0.300. The minimum atomic E-state index is -5.08. The maximum Gasteiger partial charge on any atom is 0.490 e. The summed E-state index contributed by atoms with van der Waals surface area (Å²) in [6, 6.07) is 0. The van der Waals surface area contributed by atoms with Gasteiger partial charge in [-0.15, -0.1) is 0 Å². The number of aryl methyl sites for hydroxylation is 1. The van der Waals surface area contributed by atoms with Crippen molar-refractivity contribution in [2.75, 3.05) is 36.9 Å². The fourth-order valence-corrected chi connectivity index (χ4v) is 5.64. The van der Waals surface area contributed by atoms with Crippen LogP contribution in [-0.4, -0.2) is 71.2 Å². The summed E-state index contributed by atoms with van der Waals surface area (Å²) < 4.78 is 70.8. The van der Waals surface area contributed by atoms with E-state index in [0.29, 0.717) is 25.3 Å². The van der Waals surface area contributed by atoms with Gasteiger partial charge in [-0.3, -0.25) is 0 Å². The number of carboxylic acids is 1. The Bertz CT molecular complexity index is 988. The average Bonchev–Trinajstić information content (AvgIpc) is 3.10. The molecule has 5 rings (SSSR count). The number of ether oxygens (including phenoxy) is 2. The van der Waals surface area contributed by atoms with E-state index in [1.54, 1.807) is 0 Å². The average molecular weight is 565 g/mol. The van der Waals surface area contributed by atoms with Gasteiger partial charge in [-0.25, -0.2) is 18.6 Å². The lowest BCUT2D eigenvalue weighted by atomic mass is 9.78. The Labute approximate surface area is 224 Å². The van der Waals surface area contributed by atoms with Crippen LogP contribution in [0.1, 0.15) is 75.5 Å². The standard InChI is InChI=1S/C24H36F2N4O2.C2HF3O2/c25-24(26)10-6-17(24)8-13-27-22-29-20-5-3-1-2-4-19(20)21(30-22)28-16-18-7-9-23(32-18)11-14-31-15-12-23;3-2(4,5)1(6)7/h17-18H,1-16H2,(H2,27,28,29,30);(H,6,7). The number of rotatable bonds is 7. The molecule has 2 saturated heterocycles. The number of nitrogens with zero attached hydrogens (tertiary/aromatic N) is 2. The molecule has 2 aliphatic carbocycles. The van der Waals surface area contributed by atoms with Crippen LogP contribution in [-0.2, 0) is 27.1 Å². The molecule has 2 atom stereocenters. The number of aromatic nitrogens is 2. The number of hydrogen-bond acceptors (Lipinski definition) is 7. The summed E-state index contributed by atoms with van der Waals surface area (Å²) in [6.45, 7) is 2.80. The van der Waals surface area contributed by atoms with Crippen molar-refractivity contribution in [2.24, 2.45) is 5.92 Å². The Balaban J connectivity index is 0.000000448. The molecule has 3 heterocycles. The number of fused-ring (bicyclic) bond motifs is 1. The van der Waals surface area contributed by atoms with E-state index < -0.39 is 24.0 Å². The molecule has 220 valence electrons. The van der Waals surface area contributed by atoms with E-state index in [1.807, 2.05) is 0 Å². The van der Waals surface area contributed by atoms with Crippen LogP contribution in [0.3, 0.4) is 0 Å². The molecule has 1 aromatic rings. The van der Waals surface area contributed by atoms with Crippen molar-refractivity contribution in [3.05, 3.63) is 11.3 Å². The molecule has 1 spiro atoms. The van der Waals surface area contributed by atoms with E-state index in [2.05, 4.69) is 10.6 Å². The summed E-state index contributed by atoms with van der Waals surface area (Å²) in [5.41, 5.74) is 2.32. The Hall–Kier alpha value is -2.28. The van der Waals surface area contributed by atoms with E-state index in [0.717, 1.165) is 82.6 Å². The molecule has 0 bridgehead atoms. The zero-order chi connectivity index (χ0) is 28.1. The third kappa shape index (κ3) is 7.90. The first kappa shape index (κ1) is 29.7. The highest BCUT2D eigenvalue weighted by molar-refractivity contribution is 5.73. The lowest BCUT2D eigenvalue weighted by Gasteiger charge is -2.36. The second-order valence-corrected chi connectivity index (χ2v) is 10.9. The van der Waals surface area contributed by atoms with Gasteiger partial charge in [0.1, 0.15) is 5.82 Å². The number of halogens is 5. The summed E-state index contributed by atoms with van der Waals surface area (Å²) in [7, 11) is 0. The SMILES string of the molecule is FC1(F)CCC1CCNc1nc2c(c(NCC3CCC4(CCOCC4)O3)n1)CCCCC2.O=C(O)C(F)(F)F. The van der Waals surface area contributed by atoms with Gasteiger partial charge >= 0.3 is 12.1 Å². The Morgan fingerprint density at radius 1 is 1.00 bits per heavy atom. The van der Waals surface area contributed by atoms with Gasteiger partial charge in [-0.2, -0.15) is 18.2 Å². The summed E-state index contributed by atoms with van der Waals surface area (Å²) in [4.78, 5) is 18.4.